The molecule has 0 bridgehead atoms. The fraction of sp³-hybridized carbons (Fsp3) is 1.00. The molecule has 14 heavy (non-hydrogen) atoms. The van der Waals surface area contributed by atoms with E-state index >= 15 is 0 Å². The molecule has 0 aliphatic carbocycles. The van der Waals surface area contributed by atoms with Crippen molar-refractivity contribution in [3.8, 4) is 0 Å². The van der Waals surface area contributed by atoms with Crippen molar-refractivity contribution >= 4 is 0 Å². The minimum atomic E-state index is -0.506. The Morgan fingerprint density at radius 1 is 1.43 bits per heavy atom. The molecule has 0 amide bonds. The van der Waals surface area contributed by atoms with Gasteiger partial charge in [-0.15, -0.1) is 0 Å². The van der Waals surface area contributed by atoms with E-state index in [2.05, 4.69) is 13.8 Å². The number of hydrogen-bond acceptors (Lipinski definition) is 2. The summed E-state index contributed by atoms with van der Waals surface area (Å²) in [6.07, 6.45) is 6.75. The molecule has 84 valence electrons. The zero-order valence-corrected chi connectivity index (χ0v) is 9.59. The van der Waals surface area contributed by atoms with E-state index < -0.39 is 5.60 Å². The fourth-order valence-corrected chi connectivity index (χ4v) is 2.24. The maximum atomic E-state index is 10.2. The normalized spacial score (nSPS) is 29.4. The third-order valence-electron chi connectivity index (χ3n) is 3.29. The quantitative estimate of drug-likeness (QED) is 0.714. The van der Waals surface area contributed by atoms with Gasteiger partial charge >= 0.3 is 0 Å². The van der Waals surface area contributed by atoms with E-state index in [1.54, 1.807) is 0 Å². The summed E-state index contributed by atoms with van der Waals surface area (Å²) in [5.74, 6) is 0.682. The molecule has 1 fully saturated rings. The Balaban J connectivity index is 2.30. The van der Waals surface area contributed by atoms with Gasteiger partial charge in [0.2, 0.25) is 0 Å². The second-order valence-electron chi connectivity index (χ2n) is 4.65. The molecule has 2 heteroatoms. The molecule has 0 aromatic heterocycles. The molecule has 1 aliphatic rings. The molecule has 1 rings (SSSR count). The molecular formula is C12H24O2. The van der Waals surface area contributed by atoms with Crippen molar-refractivity contribution in [1.29, 1.82) is 0 Å². The molecule has 0 aromatic carbocycles. The van der Waals surface area contributed by atoms with Crippen LogP contribution in [0.1, 0.15) is 52.4 Å². The van der Waals surface area contributed by atoms with Crippen molar-refractivity contribution < 1.29 is 9.84 Å². The van der Waals surface area contributed by atoms with E-state index in [0.717, 1.165) is 19.4 Å². The van der Waals surface area contributed by atoms with E-state index in [4.69, 9.17) is 4.74 Å². The first-order valence-electron chi connectivity index (χ1n) is 6.00. The van der Waals surface area contributed by atoms with Crippen LogP contribution in [0.4, 0.5) is 0 Å². The van der Waals surface area contributed by atoms with Crippen LogP contribution in [-0.2, 0) is 4.74 Å². The first-order chi connectivity index (χ1) is 6.70. The number of aliphatic hydroxyl groups is 1. The zero-order chi connectivity index (χ0) is 10.4. The van der Waals surface area contributed by atoms with E-state index in [-0.39, 0.29) is 0 Å². The molecule has 1 aliphatic heterocycles. The van der Waals surface area contributed by atoms with Crippen molar-refractivity contribution in [2.75, 3.05) is 13.2 Å². The summed E-state index contributed by atoms with van der Waals surface area (Å²) in [6, 6.07) is 0. The highest BCUT2D eigenvalue weighted by Gasteiger charge is 2.33. The summed E-state index contributed by atoms with van der Waals surface area (Å²) in [7, 11) is 0. The van der Waals surface area contributed by atoms with Crippen molar-refractivity contribution in [3.63, 3.8) is 0 Å². The highest BCUT2D eigenvalue weighted by Crippen LogP contribution is 2.30. The molecule has 2 atom stereocenters. The van der Waals surface area contributed by atoms with Crippen molar-refractivity contribution in [1.82, 2.24) is 0 Å². The summed E-state index contributed by atoms with van der Waals surface area (Å²) < 4.78 is 5.26. The van der Waals surface area contributed by atoms with Crippen LogP contribution in [0.25, 0.3) is 0 Å². The van der Waals surface area contributed by atoms with Gasteiger partial charge in [-0.25, -0.2) is 0 Å². The standard InChI is InChI=1S/C12H24O2/c1-3-5-6-11(4-2)9-12(13)7-8-14-10-12/h11,13H,3-10H2,1-2H3. The molecule has 1 N–H and O–H groups in total. The Morgan fingerprint density at radius 3 is 2.71 bits per heavy atom. The van der Waals surface area contributed by atoms with Crippen LogP contribution in [0.15, 0.2) is 0 Å². The van der Waals surface area contributed by atoms with Gasteiger partial charge in [0.1, 0.15) is 0 Å². The maximum Gasteiger partial charge on any atom is 0.0904 e. The highest BCUT2D eigenvalue weighted by atomic mass is 16.5. The lowest BCUT2D eigenvalue weighted by molar-refractivity contribution is 0.00370. The minimum Gasteiger partial charge on any atom is -0.387 e. The second kappa shape index (κ2) is 5.72. The van der Waals surface area contributed by atoms with Crippen LogP contribution < -0.4 is 0 Å². The van der Waals surface area contributed by atoms with Gasteiger partial charge < -0.3 is 9.84 Å². The largest absolute Gasteiger partial charge is 0.387 e. The summed E-state index contributed by atoms with van der Waals surface area (Å²) in [4.78, 5) is 0. The van der Waals surface area contributed by atoms with Crippen molar-refractivity contribution in [2.24, 2.45) is 5.92 Å². The predicted octanol–water partition coefficient (Wildman–Crippen LogP) is 2.74. The average Bonchev–Trinajstić information content (AvgIpc) is 2.60. The van der Waals surface area contributed by atoms with Crippen LogP contribution in [-0.4, -0.2) is 23.9 Å². The van der Waals surface area contributed by atoms with E-state index in [1.807, 2.05) is 0 Å². The molecule has 0 radical (unpaired) electrons. The summed E-state index contributed by atoms with van der Waals surface area (Å²) in [5, 5.41) is 10.2. The third-order valence-corrected chi connectivity index (χ3v) is 3.29. The summed E-state index contributed by atoms with van der Waals surface area (Å²) in [5.41, 5.74) is -0.506. The number of hydrogen-bond donors (Lipinski definition) is 1. The Bertz CT molecular complexity index is 150. The van der Waals surface area contributed by atoms with Gasteiger partial charge in [0.05, 0.1) is 12.2 Å². The number of rotatable bonds is 6. The Morgan fingerprint density at radius 2 is 2.21 bits per heavy atom. The lowest BCUT2D eigenvalue weighted by atomic mass is 9.85. The molecule has 1 heterocycles. The molecule has 0 aromatic rings. The van der Waals surface area contributed by atoms with Crippen LogP contribution in [0.2, 0.25) is 0 Å². The van der Waals surface area contributed by atoms with Crippen LogP contribution in [0.3, 0.4) is 0 Å². The van der Waals surface area contributed by atoms with Gasteiger partial charge in [0, 0.05) is 13.0 Å². The topological polar surface area (TPSA) is 29.5 Å². The minimum absolute atomic E-state index is 0.506. The van der Waals surface area contributed by atoms with Gasteiger partial charge in [-0.3, -0.25) is 0 Å². The summed E-state index contributed by atoms with van der Waals surface area (Å²) >= 11 is 0. The third kappa shape index (κ3) is 3.58. The van der Waals surface area contributed by atoms with E-state index in [1.165, 1.54) is 25.7 Å². The zero-order valence-electron chi connectivity index (χ0n) is 9.59. The van der Waals surface area contributed by atoms with Gasteiger partial charge in [0.15, 0.2) is 0 Å². The van der Waals surface area contributed by atoms with E-state index in [0.29, 0.717) is 12.5 Å². The second-order valence-corrected chi connectivity index (χ2v) is 4.65. The number of ether oxygens (including phenoxy) is 1. The highest BCUT2D eigenvalue weighted by molar-refractivity contribution is 4.84. The van der Waals surface area contributed by atoms with Crippen LogP contribution in [0.5, 0.6) is 0 Å². The van der Waals surface area contributed by atoms with Gasteiger partial charge in [-0.05, 0) is 12.3 Å². The molecule has 0 spiro atoms. The van der Waals surface area contributed by atoms with E-state index in [9.17, 15) is 5.11 Å². The molecule has 1 saturated heterocycles. The SMILES string of the molecule is CCCCC(CC)CC1(O)CCOC1. The lowest BCUT2D eigenvalue weighted by Crippen LogP contribution is -2.31. The van der Waals surface area contributed by atoms with Crippen LogP contribution >= 0.6 is 0 Å². The predicted molar refractivity (Wildman–Crippen MR) is 58.3 cm³/mol. The molecule has 0 saturated carbocycles. The maximum absolute atomic E-state index is 10.2. The number of unbranched alkanes of at least 4 members (excludes halogenated alkanes) is 1. The monoisotopic (exact) mass is 200 g/mol. The Hall–Kier alpha value is -0.0800. The van der Waals surface area contributed by atoms with Gasteiger partial charge in [-0.1, -0.05) is 39.5 Å². The molecule has 2 unspecified atom stereocenters. The van der Waals surface area contributed by atoms with Crippen molar-refractivity contribution in [2.45, 2.75) is 58.0 Å². The fourth-order valence-electron chi connectivity index (χ4n) is 2.24. The van der Waals surface area contributed by atoms with Gasteiger partial charge in [-0.2, -0.15) is 0 Å². The van der Waals surface area contributed by atoms with Gasteiger partial charge in [0.25, 0.3) is 0 Å². The molecular weight excluding hydrogens is 176 g/mol. The first-order valence-corrected chi connectivity index (χ1v) is 6.00. The Labute approximate surface area is 87.7 Å². The average molecular weight is 200 g/mol. The first kappa shape index (κ1) is 12.0. The smallest absolute Gasteiger partial charge is 0.0904 e. The summed E-state index contributed by atoms with van der Waals surface area (Å²) in [6.45, 7) is 5.73. The lowest BCUT2D eigenvalue weighted by Gasteiger charge is -2.26. The van der Waals surface area contributed by atoms with Crippen LogP contribution in [0, 0.1) is 5.92 Å². The molecule has 2 nitrogen and oxygen atoms in total. The Kier molecular flexibility index (Phi) is 4.90. The van der Waals surface area contributed by atoms with Crippen molar-refractivity contribution in [3.05, 3.63) is 0 Å².